The van der Waals surface area contributed by atoms with Crippen LogP contribution < -0.4 is 5.32 Å². The molecule has 0 amide bonds. The molecule has 98 valence electrons. The summed E-state index contributed by atoms with van der Waals surface area (Å²) in [6.07, 6.45) is 0. The summed E-state index contributed by atoms with van der Waals surface area (Å²) in [7, 11) is 0. The summed E-state index contributed by atoms with van der Waals surface area (Å²) in [5, 5.41) is 7.04. The number of nitrogens with one attached hydrogen (secondary N) is 1. The number of thioether (sulfide) groups is 1. The Hall–Kier alpha value is -1.48. The minimum atomic E-state index is 0.447. The molecule has 2 aromatic rings. The highest BCUT2D eigenvalue weighted by molar-refractivity contribution is 8.14. The highest BCUT2D eigenvalue weighted by Gasteiger charge is 2.21. The fraction of sp³-hybridized carbons (Fsp3) is 0.312. The van der Waals surface area contributed by atoms with Gasteiger partial charge >= 0.3 is 0 Å². The number of amidine groups is 1. The number of aliphatic imine (C=N–C) groups is 1. The highest BCUT2D eigenvalue weighted by Crippen LogP contribution is 2.28. The Balaban J connectivity index is 1.88. The number of hydrogen-bond donors (Lipinski definition) is 1. The van der Waals surface area contributed by atoms with Crippen LogP contribution >= 0.6 is 11.8 Å². The standard InChI is InChI=1S/C16H18N2S/c1-11(2)15-10-19-16(18-15)17-14-9-5-7-12-6-3-4-8-13(12)14/h3-9,11,15H,10H2,1-2H3,(H,17,18)/t15-/m1/s1. The normalized spacial score (nSPS) is 18.9. The molecule has 0 aromatic heterocycles. The van der Waals surface area contributed by atoms with Crippen molar-refractivity contribution >= 4 is 33.4 Å². The first kappa shape index (κ1) is 12.5. The van der Waals surface area contributed by atoms with Crippen molar-refractivity contribution in [3.05, 3.63) is 42.5 Å². The third-order valence-corrected chi connectivity index (χ3v) is 4.46. The highest BCUT2D eigenvalue weighted by atomic mass is 32.2. The molecule has 0 aliphatic carbocycles. The number of anilines is 1. The van der Waals surface area contributed by atoms with Gasteiger partial charge < -0.3 is 5.32 Å². The molecule has 1 heterocycles. The third kappa shape index (κ3) is 2.61. The third-order valence-electron chi connectivity index (χ3n) is 3.47. The molecule has 1 aliphatic heterocycles. The predicted molar refractivity (Wildman–Crippen MR) is 86.1 cm³/mol. The Kier molecular flexibility index (Phi) is 3.47. The SMILES string of the molecule is CC(C)[C@H]1CSC(Nc2cccc3ccccc23)=N1. The molecule has 3 rings (SSSR count). The topological polar surface area (TPSA) is 24.4 Å². The molecule has 1 N–H and O–H groups in total. The summed E-state index contributed by atoms with van der Waals surface area (Å²) in [5.41, 5.74) is 1.15. The summed E-state index contributed by atoms with van der Waals surface area (Å²) < 4.78 is 0. The van der Waals surface area contributed by atoms with Gasteiger partial charge in [-0.15, -0.1) is 0 Å². The van der Waals surface area contributed by atoms with E-state index in [1.54, 1.807) is 0 Å². The molecule has 0 saturated carbocycles. The van der Waals surface area contributed by atoms with Gasteiger partial charge in [0.2, 0.25) is 0 Å². The fourth-order valence-corrected chi connectivity index (χ4v) is 3.43. The first-order chi connectivity index (χ1) is 9.24. The molecule has 0 bridgehead atoms. The van der Waals surface area contributed by atoms with E-state index in [9.17, 15) is 0 Å². The van der Waals surface area contributed by atoms with Crippen LogP contribution in [-0.2, 0) is 0 Å². The van der Waals surface area contributed by atoms with Crippen LogP contribution in [0.5, 0.6) is 0 Å². The zero-order valence-electron chi connectivity index (χ0n) is 11.3. The van der Waals surface area contributed by atoms with E-state index in [1.165, 1.54) is 10.8 Å². The Morgan fingerprint density at radius 1 is 1.16 bits per heavy atom. The van der Waals surface area contributed by atoms with Gasteiger partial charge in [-0.3, -0.25) is 4.99 Å². The van der Waals surface area contributed by atoms with Crippen molar-refractivity contribution in [3.8, 4) is 0 Å². The van der Waals surface area contributed by atoms with Crippen molar-refractivity contribution in [3.63, 3.8) is 0 Å². The monoisotopic (exact) mass is 270 g/mol. The van der Waals surface area contributed by atoms with Crippen molar-refractivity contribution in [1.29, 1.82) is 0 Å². The molecule has 1 aliphatic rings. The van der Waals surface area contributed by atoms with E-state index < -0.39 is 0 Å². The number of rotatable bonds is 2. The summed E-state index contributed by atoms with van der Waals surface area (Å²) in [4.78, 5) is 4.76. The largest absolute Gasteiger partial charge is 0.334 e. The summed E-state index contributed by atoms with van der Waals surface area (Å²) >= 11 is 1.82. The van der Waals surface area contributed by atoms with Crippen molar-refractivity contribution in [2.75, 3.05) is 11.1 Å². The zero-order valence-corrected chi connectivity index (χ0v) is 12.1. The second kappa shape index (κ2) is 5.25. The molecule has 0 spiro atoms. The molecule has 3 heteroatoms. The lowest BCUT2D eigenvalue weighted by Crippen LogP contribution is -2.12. The van der Waals surface area contributed by atoms with E-state index in [2.05, 4.69) is 61.6 Å². The van der Waals surface area contributed by atoms with Crippen molar-refractivity contribution in [2.24, 2.45) is 10.9 Å². The average Bonchev–Trinajstić information content (AvgIpc) is 2.88. The van der Waals surface area contributed by atoms with Crippen LogP contribution in [0.15, 0.2) is 47.5 Å². The molecule has 2 nitrogen and oxygen atoms in total. The van der Waals surface area contributed by atoms with E-state index in [0.29, 0.717) is 12.0 Å². The fourth-order valence-electron chi connectivity index (χ4n) is 2.25. The Bertz CT molecular complexity index is 614. The van der Waals surface area contributed by atoms with Crippen LogP contribution in [0, 0.1) is 5.92 Å². The van der Waals surface area contributed by atoms with Gasteiger partial charge in [-0.2, -0.15) is 0 Å². The van der Waals surface area contributed by atoms with Gasteiger partial charge in [0.25, 0.3) is 0 Å². The van der Waals surface area contributed by atoms with Crippen LogP contribution in [0.3, 0.4) is 0 Å². The van der Waals surface area contributed by atoms with Gasteiger partial charge in [-0.25, -0.2) is 0 Å². The van der Waals surface area contributed by atoms with Gasteiger partial charge in [-0.1, -0.05) is 62.0 Å². The first-order valence-corrected chi connectivity index (χ1v) is 7.68. The summed E-state index contributed by atoms with van der Waals surface area (Å²) in [6, 6.07) is 15.2. The first-order valence-electron chi connectivity index (χ1n) is 6.69. The molecular formula is C16H18N2S. The number of nitrogens with zero attached hydrogens (tertiary/aromatic N) is 1. The molecule has 19 heavy (non-hydrogen) atoms. The quantitative estimate of drug-likeness (QED) is 0.875. The van der Waals surface area contributed by atoms with Gasteiger partial charge in [-0.05, 0) is 17.4 Å². The maximum atomic E-state index is 4.76. The van der Waals surface area contributed by atoms with Gasteiger partial charge in [0.05, 0.1) is 6.04 Å². The Labute approximate surface area is 118 Å². The predicted octanol–water partition coefficient (Wildman–Crippen LogP) is 4.38. The van der Waals surface area contributed by atoms with E-state index >= 15 is 0 Å². The lowest BCUT2D eigenvalue weighted by Gasteiger charge is -2.09. The number of fused-ring (bicyclic) bond motifs is 1. The van der Waals surface area contributed by atoms with Gasteiger partial charge in [0.1, 0.15) is 0 Å². The van der Waals surface area contributed by atoms with Crippen LogP contribution in [0.1, 0.15) is 13.8 Å². The molecule has 0 saturated heterocycles. The molecule has 0 fully saturated rings. The second-order valence-corrected chi connectivity index (χ2v) is 6.22. The van der Waals surface area contributed by atoms with E-state index in [-0.39, 0.29) is 0 Å². The van der Waals surface area contributed by atoms with Crippen LogP contribution in [0.2, 0.25) is 0 Å². The molecule has 1 atom stereocenters. The van der Waals surface area contributed by atoms with Gasteiger partial charge in [0, 0.05) is 16.8 Å². The van der Waals surface area contributed by atoms with E-state index in [4.69, 9.17) is 4.99 Å². The van der Waals surface area contributed by atoms with E-state index in [0.717, 1.165) is 16.6 Å². The van der Waals surface area contributed by atoms with Crippen LogP contribution in [-0.4, -0.2) is 17.0 Å². The second-order valence-electron chi connectivity index (χ2n) is 5.21. The minimum Gasteiger partial charge on any atom is -0.334 e. The minimum absolute atomic E-state index is 0.447. The average molecular weight is 270 g/mol. The number of benzene rings is 2. The van der Waals surface area contributed by atoms with Gasteiger partial charge in [0.15, 0.2) is 5.17 Å². The van der Waals surface area contributed by atoms with Crippen molar-refractivity contribution in [1.82, 2.24) is 0 Å². The lowest BCUT2D eigenvalue weighted by molar-refractivity contribution is 0.543. The van der Waals surface area contributed by atoms with Crippen molar-refractivity contribution < 1.29 is 0 Å². The maximum absolute atomic E-state index is 4.76. The zero-order chi connectivity index (χ0) is 13.2. The maximum Gasteiger partial charge on any atom is 0.161 e. The molecule has 0 radical (unpaired) electrons. The smallest absolute Gasteiger partial charge is 0.161 e. The summed E-state index contributed by atoms with van der Waals surface area (Å²) in [5.74, 6) is 1.70. The van der Waals surface area contributed by atoms with Crippen LogP contribution in [0.25, 0.3) is 10.8 Å². The van der Waals surface area contributed by atoms with E-state index in [1.807, 2.05) is 11.8 Å². The molecule has 0 unspecified atom stereocenters. The van der Waals surface area contributed by atoms with Crippen LogP contribution in [0.4, 0.5) is 5.69 Å². The Morgan fingerprint density at radius 3 is 2.74 bits per heavy atom. The number of hydrogen-bond acceptors (Lipinski definition) is 3. The molecular weight excluding hydrogens is 252 g/mol. The summed E-state index contributed by atoms with van der Waals surface area (Å²) in [6.45, 7) is 4.46. The van der Waals surface area contributed by atoms with Crippen molar-refractivity contribution in [2.45, 2.75) is 19.9 Å². The Morgan fingerprint density at radius 2 is 1.95 bits per heavy atom. The molecule has 2 aromatic carbocycles. The lowest BCUT2D eigenvalue weighted by atomic mass is 10.1.